The van der Waals surface area contributed by atoms with E-state index in [9.17, 15) is 20.2 Å². The fourth-order valence-corrected chi connectivity index (χ4v) is 5.56. The topological polar surface area (TPSA) is 117 Å². The predicted octanol–water partition coefficient (Wildman–Crippen LogP) is 9.16. The molecular weight excluding hydrogens is 568 g/mol. The van der Waals surface area contributed by atoms with Crippen LogP contribution in [0.15, 0.2) is 70.7 Å². The summed E-state index contributed by atoms with van der Waals surface area (Å²) in [6.45, 7) is 19.5. The van der Waals surface area contributed by atoms with Gasteiger partial charge in [0.25, 0.3) is 11.4 Å². The fraction of sp³-hybridized carbons (Fsp3) is 0.486. The van der Waals surface area contributed by atoms with E-state index in [-0.39, 0.29) is 21.2 Å². The third-order valence-electron chi connectivity index (χ3n) is 7.84. The lowest BCUT2D eigenvalue weighted by molar-refractivity contribution is -0.385. The van der Waals surface area contributed by atoms with Gasteiger partial charge in [0.1, 0.15) is 11.7 Å². The molecule has 2 aromatic rings. The molecule has 242 valence electrons. The molecule has 0 atom stereocenters. The van der Waals surface area contributed by atoms with Crippen molar-refractivity contribution in [2.45, 2.75) is 85.5 Å². The van der Waals surface area contributed by atoms with Crippen molar-refractivity contribution in [1.82, 2.24) is 9.80 Å². The van der Waals surface area contributed by atoms with E-state index in [1.807, 2.05) is 27.7 Å². The molecule has 45 heavy (non-hydrogen) atoms. The van der Waals surface area contributed by atoms with Crippen LogP contribution in [-0.4, -0.2) is 57.5 Å². The third kappa shape index (κ3) is 11.3. The van der Waals surface area contributed by atoms with Gasteiger partial charge in [0.15, 0.2) is 0 Å². The molecule has 10 heteroatoms. The molecule has 2 saturated heterocycles. The summed E-state index contributed by atoms with van der Waals surface area (Å²) < 4.78 is 0. The van der Waals surface area contributed by atoms with Crippen LogP contribution in [0.2, 0.25) is 0 Å². The highest BCUT2D eigenvalue weighted by atomic mass is 16.6. The molecule has 0 saturated carbocycles. The summed E-state index contributed by atoms with van der Waals surface area (Å²) in [6.07, 6.45) is 10.2. The number of nitrogens with zero attached hydrogens (tertiary/aromatic N) is 6. The molecule has 2 fully saturated rings. The zero-order valence-corrected chi connectivity index (χ0v) is 27.4. The zero-order chi connectivity index (χ0) is 32.9. The quantitative estimate of drug-likeness (QED) is 0.166. The Morgan fingerprint density at radius 2 is 1.07 bits per heavy atom. The molecule has 2 aliphatic rings. The molecule has 10 nitrogen and oxygen atoms in total. The average molecular weight is 617 g/mol. The summed E-state index contributed by atoms with van der Waals surface area (Å²) in [5.41, 5.74) is 5.77. The van der Waals surface area contributed by atoms with Crippen LogP contribution < -0.4 is 0 Å². The summed E-state index contributed by atoms with van der Waals surface area (Å²) in [5, 5.41) is 21.7. The number of nitro groups is 2. The normalized spacial score (nSPS) is 17.5. The highest BCUT2D eigenvalue weighted by Crippen LogP contribution is 2.27. The Bertz CT molecular complexity index is 1450. The Morgan fingerprint density at radius 1 is 0.689 bits per heavy atom. The molecule has 0 amide bonds. The van der Waals surface area contributed by atoms with E-state index in [1.54, 1.807) is 24.3 Å². The minimum Gasteiger partial charge on any atom is -0.356 e. The molecule has 0 bridgehead atoms. The van der Waals surface area contributed by atoms with E-state index >= 15 is 0 Å². The predicted molar refractivity (Wildman–Crippen MR) is 184 cm³/mol. The van der Waals surface area contributed by atoms with Crippen LogP contribution in [0, 0.1) is 34.1 Å². The number of non-ortho nitro benzene ring substituents is 2. The standard InChI is InChI=1S/C18H25N3O2.C17H23N3O2/c1-14(2)13-20-11-7-5-4-6-8-18(20)19-17-10-9-16(21(22)23)12-15(17)3;1-13(2)12-19-10-6-4-5-7-17(19)18-16-9-8-15(20(21)22)11-14(16)3/h9-10,12H,1,4-8,11,13H2,2-3H3;8-9,11H,1,4-7,10,12H2,2-3H3. The van der Waals surface area contributed by atoms with Crippen LogP contribution in [0.25, 0.3) is 0 Å². The second-order valence-corrected chi connectivity index (χ2v) is 12.2. The lowest BCUT2D eigenvalue weighted by Gasteiger charge is -2.28. The lowest BCUT2D eigenvalue weighted by Crippen LogP contribution is -2.34. The highest BCUT2D eigenvalue weighted by Gasteiger charge is 2.17. The van der Waals surface area contributed by atoms with Gasteiger partial charge in [-0.05, 0) is 76.6 Å². The molecule has 0 aliphatic carbocycles. The van der Waals surface area contributed by atoms with Crippen LogP contribution >= 0.6 is 0 Å². The maximum atomic E-state index is 10.9. The number of nitro benzene ring substituents is 2. The van der Waals surface area contributed by atoms with E-state index in [0.29, 0.717) is 0 Å². The van der Waals surface area contributed by atoms with E-state index in [1.165, 1.54) is 44.2 Å². The van der Waals surface area contributed by atoms with Crippen molar-refractivity contribution in [1.29, 1.82) is 0 Å². The number of likely N-dealkylation sites (tertiary alicyclic amines) is 2. The van der Waals surface area contributed by atoms with Gasteiger partial charge in [-0.1, -0.05) is 43.6 Å². The van der Waals surface area contributed by atoms with Crippen molar-refractivity contribution < 1.29 is 9.85 Å². The van der Waals surface area contributed by atoms with Crippen LogP contribution in [0.4, 0.5) is 22.7 Å². The van der Waals surface area contributed by atoms with Crippen LogP contribution in [0.1, 0.15) is 82.8 Å². The maximum absolute atomic E-state index is 10.9. The number of hydrogen-bond acceptors (Lipinski definition) is 6. The Kier molecular flexibility index (Phi) is 13.5. The summed E-state index contributed by atoms with van der Waals surface area (Å²) >= 11 is 0. The first-order chi connectivity index (χ1) is 21.4. The summed E-state index contributed by atoms with van der Waals surface area (Å²) in [5.74, 6) is 2.14. The second-order valence-electron chi connectivity index (χ2n) is 12.2. The largest absolute Gasteiger partial charge is 0.356 e. The minimum atomic E-state index is -0.372. The molecule has 0 N–H and O–H groups in total. The molecule has 0 spiro atoms. The van der Waals surface area contributed by atoms with Crippen molar-refractivity contribution in [3.05, 3.63) is 92.1 Å². The van der Waals surface area contributed by atoms with Gasteiger partial charge < -0.3 is 9.80 Å². The van der Waals surface area contributed by atoms with E-state index in [0.717, 1.165) is 97.2 Å². The molecule has 0 radical (unpaired) electrons. The third-order valence-corrected chi connectivity index (χ3v) is 7.84. The van der Waals surface area contributed by atoms with Crippen molar-refractivity contribution in [2.24, 2.45) is 9.98 Å². The number of benzene rings is 2. The molecule has 2 heterocycles. The fourth-order valence-electron chi connectivity index (χ4n) is 5.56. The van der Waals surface area contributed by atoms with Gasteiger partial charge in [-0.25, -0.2) is 9.98 Å². The lowest BCUT2D eigenvalue weighted by atomic mass is 10.1. The van der Waals surface area contributed by atoms with E-state index in [4.69, 9.17) is 9.98 Å². The van der Waals surface area contributed by atoms with Gasteiger partial charge in [-0.2, -0.15) is 0 Å². The number of rotatable bonds is 8. The Balaban J connectivity index is 0.000000246. The number of aryl methyl sites for hydroxylation is 2. The van der Waals surface area contributed by atoms with Gasteiger partial charge in [0.05, 0.1) is 21.2 Å². The summed E-state index contributed by atoms with van der Waals surface area (Å²) in [4.78, 5) is 35.2. The molecule has 2 aliphatic heterocycles. The SMILES string of the molecule is C=C(C)CN1CCCCCC1=Nc1ccc([N+](=O)[O-])cc1C.C=C(C)CN1CCCCCCC1=Nc1ccc([N+](=O)[O-])cc1C. The smallest absolute Gasteiger partial charge is 0.269 e. The van der Waals surface area contributed by atoms with E-state index < -0.39 is 0 Å². The molecule has 4 rings (SSSR count). The van der Waals surface area contributed by atoms with Crippen molar-refractivity contribution in [3.8, 4) is 0 Å². The van der Waals surface area contributed by atoms with Crippen molar-refractivity contribution >= 4 is 34.4 Å². The Labute approximate surface area is 267 Å². The van der Waals surface area contributed by atoms with Gasteiger partial charge in [-0.15, -0.1) is 0 Å². The number of amidine groups is 2. The molecule has 2 aromatic carbocycles. The summed E-state index contributed by atoms with van der Waals surface area (Å²) in [7, 11) is 0. The van der Waals surface area contributed by atoms with Gasteiger partial charge in [0.2, 0.25) is 0 Å². The van der Waals surface area contributed by atoms with Crippen LogP contribution in [0.5, 0.6) is 0 Å². The van der Waals surface area contributed by atoms with Gasteiger partial charge in [0, 0.05) is 63.3 Å². The Morgan fingerprint density at radius 3 is 1.42 bits per heavy atom. The molecule has 0 unspecified atom stereocenters. The van der Waals surface area contributed by atoms with Gasteiger partial charge >= 0.3 is 0 Å². The first-order valence-electron chi connectivity index (χ1n) is 15.9. The zero-order valence-electron chi connectivity index (χ0n) is 27.4. The maximum Gasteiger partial charge on any atom is 0.269 e. The molecule has 0 aromatic heterocycles. The minimum absolute atomic E-state index is 0.112. The van der Waals surface area contributed by atoms with Crippen molar-refractivity contribution in [3.63, 3.8) is 0 Å². The van der Waals surface area contributed by atoms with Gasteiger partial charge in [-0.3, -0.25) is 20.2 Å². The van der Waals surface area contributed by atoms with Crippen LogP contribution in [0.3, 0.4) is 0 Å². The highest BCUT2D eigenvalue weighted by molar-refractivity contribution is 5.86. The second kappa shape index (κ2) is 17.2. The first kappa shape index (κ1) is 35.1. The Hall–Kier alpha value is -4.34. The number of hydrogen-bond donors (Lipinski definition) is 0. The summed E-state index contributed by atoms with van der Waals surface area (Å²) in [6, 6.07) is 9.71. The monoisotopic (exact) mass is 616 g/mol. The number of aliphatic imine (C=N–C) groups is 2. The van der Waals surface area contributed by atoms with Crippen LogP contribution in [-0.2, 0) is 0 Å². The average Bonchev–Trinajstić information content (AvgIpc) is 3.18. The molecular formula is C35H48N6O4. The van der Waals surface area contributed by atoms with Crippen molar-refractivity contribution in [2.75, 3.05) is 26.2 Å². The first-order valence-corrected chi connectivity index (χ1v) is 15.9. The van der Waals surface area contributed by atoms with E-state index in [2.05, 4.69) is 23.0 Å².